The van der Waals surface area contributed by atoms with Crippen LogP contribution in [0.15, 0.2) is 18.2 Å². The van der Waals surface area contributed by atoms with Crippen LogP contribution in [0.2, 0.25) is 0 Å². The van der Waals surface area contributed by atoms with Crippen molar-refractivity contribution in [2.75, 3.05) is 13.7 Å². The molecule has 3 nitrogen and oxygen atoms in total. The van der Waals surface area contributed by atoms with Gasteiger partial charge in [-0.05, 0) is 37.0 Å². The zero-order valence-corrected chi connectivity index (χ0v) is 9.92. The Kier molecular flexibility index (Phi) is 3.17. The number of aryl methyl sites for hydroxylation is 1. The molecule has 0 amide bonds. The van der Waals surface area contributed by atoms with Gasteiger partial charge < -0.3 is 15.2 Å². The van der Waals surface area contributed by atoms with Crippen LogP contribution in [-0.4, -0.2) is 24.4 Å². The summed E-state index contributed by atoms with van der Waals surface area (Å²) in [5.74, 6) is 0.923. The van der Waals surface area contributed by atoms with Gasteiger partial charge in [-0.3, -0.25) is 0 Å². The Hall–Kier alpha value is -1.06. The van der Waals surface area contributed by atoms with Crippen LogP contribution in [0.3, 0.4) is 0 Å². The highest BCUT2D eigenvalue weighted by Gasteiger charge is 2.41. The van der Waals surface area contributed by atoms with Crippen LogP contribution < -0.4 is 10.1 Å². The van der Waals surface area contributed by atoms with E-state index in [0.29, 0.717) is 0 Å². The van der Waals surface area contributed by atoms with Gasteiger partial charge in [0.25, 0.3) is 0 Å². The van der Waals surface area contributed by atoms with Crippen LogP contribution in [-0.2, 0) is 6.54 Å². The summed E-state index contributed by atoms with van der Waals surface area (Å²) in [6, 6.07) is 6.18. The molecule has 0 aromatic heterocycles. The highest BCUT2D eigenvalue weighted by atomic mass is 16.5. The first kappa shape index (κ1) is 11.4. The molecule has 88 valence electrons. The van der Waals surface area contributed by atoms with E-state index in [2.05, 4.69) is 17.4 Å². The maximum atomic E-state index is 9.19. The highest BCUT2D eigenvalue weighted by molar-refractivity contribution is 5.36. The summed E-state index contributed by atoms with van der Waals surface area (Å²) >= 11 is 0. The van der Waals surface area contributed by atoms with Crippen molar-refractivity contribution in [1.82, 2.24) is 5.32 Å². The minimum Gasteiger partial charge on any atom is -0.496 e. The van der Waals surface area contributed by atoms with Crippen molar-refractivity contribution in [2.24, 2.45) is 0 Å². The molecule has 3 heteroatoms. The Balaban J connectivity index is 1.97. The zero-order valence-electron chi connectivity index (χ0n) is 9.92. The summed E-state index contributed by atoms with van der Waals surface area (Å²) in [6.07, 6.45) is 2.16. The van der Waals surface area contributed by atoms with Crippen LogP contribution in [0.4, 0.5) is 0 Å². The lowest BCUT2D eigenvalue weighted by atomic mass is 10.1. The molecule has 1 saturated carbocycles. The van der Waals surface area contributed by atoms with Crippen LogP contribution in [0, 0.1) is 6.92 Å². The third kappa shape index (κ3) is 2.36. The van der Waals surface area contributed by atoms with Crippen molar-refractivity contribution >= 4 is 0 Å². The van der Waals surface area contributed by atoms with E-state index in [-0.39, 0.29) is 12.1 Å². The van der Waals surface area contributed by atoms with Gasteiger partial charge in [-0.2, -0.15) is 0 Å². The first-order valence-corrected chi connectivity index (χ1v) is 5.68. The number of benzene rings is 1. The van der Waals surface area contributed by atoms with Crippen molar-refractivity contribution < 1.29 is 9.84 Å². The third-order valence-electron chi connectivity index (χ3n) is 3.28. The molecule has 0 aliphatic heterocycles. The molecule has 0 saturated heterocycles. The maximum Gasteiger partial charge on any atom is 0.121 e. The molecule has 0 unspecified atom stereocenters. The molecule has 0 spiro atoms. The van der Waals surface area contributed by atoms with Crippen molar-refractivity contribution in [3.8, 4) is 5.75 Å². The summed E-state index contributed by atoms with van der Waals surface area (Å²) in [6.45, 7) is 3.09. The van der Waals surface area contributed by atoms with E-state index < -0.39 is 0 Å². The van der Waals surface area contributed by atoms with Crippen molar-refractivity contribution in [3.63, 3.8) is 0 Å². The Labute approximate surface area is 96.4 Å². The van der Waals surface area contributed by atoms with Crippen LogP contribution in [0.1, 0.15) is 24.0 Å². The predicted octanol–water partition coefficient (Wildman–Crippen LogP) is 1.62. The van der Waals surface area contributed by atoms with Crippen LogP contribution >= 0.6 is 0 Å². The second-order valence-electron chi connectivity index (χ2n) is 4.60. The van der Waals surface area contributed by atoms with E-state index in [1.54, 1.807) is 7.11 Å². The van der Waals surface area contributed by atoms with Crippen LogP contribution in [0.25, 0.3) is 0 Å². The first-order chi connectivity index (χ1) is 7.69. The van der Waals surface area contributed by atoms with Gasteiger partial charge in [-0.25, -0.2) is 0 Å². The minimum absolute atomic E-state index is 0.00777. The maximum absolute atomic E-state index is 9.19. The van der Waals surface area contributed by atoms with Gasteiger partial charge in [0, 0.05) is 12.1 Å². The van der Waals surface area contributed by atoms with Gasteiger partial charge in [0.2, 0.25) is 0 Å². The first-order valence-electron chi connectivity index (χ1n) is 5.68. The fraction of sp³-hybridized carbons (Fsp3) is 0.538. The van der Waals surface area contributed by atoms with Gasteiger partial charge in [0.05, 0.1) is 13.7 Å². The Morgan fingerprint density at radius 3 is 2.69 bits per heavy atom. The number of rotatable bonds is 5. The summed E-state index contributed by atoms with van der Waals surface area (Å²) in [5.41, 5.74) is 2.39. The Morgan fingerprint density at radius 2 is 2.19 bits per heavy atom. The quantitative estimate of drug-likeness (QED) is 0.794. The van der Waals surface area contributed by atoms with E-state index in [1.165, 1.54) is 5.56 Å². The molecule has 1 aliphatic rings. The largest absolute Gasteiger partial charge is 0.496 e. The van der Waals surface area contributed by atoms with E-state index in [1.807, 2.05) is 13.0 Å². The summed E-state index contributed by atoms with van der Waals surface area (Å²) < 4.78 is 5.22. The standard InChI is InChI=1S/C13H19NO2/c1-10-7-11(3-4-12(10)16-2)8-14-13(9-15)5-6-13/h3-4,7,14-15H,5-6,8-9H2,1-2H3. The predicted molar refractivity (Wildman–Crippen MR) is 63.6 cm³/mol. The van der Waals surface area contributed by atoms with Crippen molar-refractivity contribution in [3.05, 3.63) is 29.3 Å². The highest BCUT2D eigenvalue weighted by Crippen LogP contribution is 2.34. The molecule has 2 N–H and O–H groups in total. The molecular formula is C13H19NO2. The SMILES string of the molecule is COc1ccc(CNC2(CO)CC2)cc1C. The van der Waals surface area contributed by atoms with E-state index in [4.69, 9.17) is 4.74 Å². The smallest absolute Gasteiger partial charge is 0.121 e. The Morgan fingerprint density at radius 1 is 1.44 bits per heavy atom. The van der Waals surface area contributed by atoms with Gasteiger partial charge in [-0.15, -0.1) is 0 Å². The molecule has 1 aromatic carbocycles. The molecule has 1 aromatic rings. The number of hydrogen-bond acceptors (Lipinski definition) is 3. The average molecular weight is 221 g/mol. The normalized spacial score (nSPS) is 17.2. The number of methoxy groups -OCH3 is 1. The molecule has 16 heavy (non-hydrogen) atoms. The topological polar surface area (TPSA) is 41.5 Å². The van der Waals surface area contributed by atoms with E-state index in [9.17, 15) is 5.11 Å². The van der Waals surface area contributed by atoms with Crippen molar-refractivity contribution in [1.29, 1.82) is 0 Å². The fourth-order valence-electron chi connectivity index (χ4n) is 1.88. The second kappa shape index (κ2) is 4.44. The lowest BCUT2D eigenvalue weighted by Crippen LogP contribution is -2.34. The van der Waals surface area contributed by atoms with Gasteiger partial charge in [-0.1, -0.05) is 12.1 Å². The number of nitrogens with one attached hydrogen (secondary N) is 1. The molecular weight excluding hydrogens is 202 g/mol. The number of aliphatic hydroxyl groups is 1. The summed E-state index contributed by atoms with van der Waals surface area (Å²) in [7, 11) is 1.69. The lowest BCUT2D eigenvalue weighted by molar-refractivity contribution is 0.229. The van der Waals surface area contributed by atoms with E-state index >= 15 is 0 Å². The summed E-state index contributed by atoms with van der Waals surface area (Å²) in [5, 5.41) is 12.6. The molecule has 0 radical (unpaired) electrons. The Bertz CT molecular complexity index is 372. The zero-order chi connectivity index (χ0) is 11.6. The molecule has 0 bridgehead atoms. The molecule has 1 aliphatic carbocycles. The second-order valence-corrected chi connectivity index (χ2v) is 4.60. The van der Waals surface area contributed by atoms with Gasteiger partial charge >= 0.3 is 0 Å². The van der Waals surface area contributed by atoms with Crippen molar-refractivity contribution in [2.45, 2.75) is 31.8 Å². The number of aliphatic hydroxyl groups excluding tert-OH is 1. The van der Waals surface area contributed by atoms with Gasteiger partial charge in [0.15, 0.2) is 0 Å². The average Bonchev–Trinajstić information content (AvgIpc) is 3.07. The third-order valence-corrected chi connectivity index (χ3v) is 3.28. The number of hydrogen-bond donors (Lipinski definition) is 2. The molecule has 0 atom stereocenters. The van der Waals surface area contributed by atoms with E-state index in [0.717, 1.165) is 30.7 Å². The molecule has 2 rings (SSSR count). The monoisotopic (exact) mass is 221 g/mol. The fourth-order valence-corrected chi connectivity index (χ4v) is 1.88. The number of ether oxygens (including phenoxy) is 1. The van der Waals surface area contributed by atoms with Gasteiger partial charge in [0.1, 0.15) is 5.75 Å². The minimum atomic E-state index is 0.00777. The van der Waals surface area contributed by atoms with Crippen LogP contribution in [0.5, 0.6) is 5.75 Å². The summed E-state index contributed by atoms with van der Waals surface area (Å²) in [4.78, 5) is 0. The molecule has 1 fully saturated rings. The molecule has 0 heterocycles. The lowest BCUT2D eigenvalue weighted by Gasteiger charge is -2.15.